The molecule has 38 heavy (non-hydrogen) atoms. The quantitative estimate of drug-likeness (QED) is 0.272. The molecule has 0 aliphatic rings. The Balaban J connectivity index is 1.95. The molecule has 3 nitrogen and oxygen atoms in total. The molecule has 3 aromatic carbocycles. The third-order valence-corrected chi connectivity index (χ3v) is 6.44. The highest BCUT2D eigenvalue weighted by Gasteiger charge is 2.73. The lowest BCUT2D eigenvalue weighted by Crippen LogP contribution is -2.50. The number of carbonyl (C=O) groups is 1. The van der Waals surface area contributed by atoms with Crippen LogP contribution < -0.4 is 5.32 Å². The summed E-state index contributed by atoms with van der Waals surface area (Å²) in [5.74, 6) is -0.525. The van der Waals surface area contributed by atoms with Crippen LogP contribution in [0.3, 0.4) is 0 Å². The first-order chi connectivity index (χ1) is 17.7. The van der Waals surface area contributed by atoms with Gasteiger partial charge in [-0.2, -0.15) is 26.3 Å². The number of hydrogen-bond acceptors (Lipinski definition) is 2. The van der Waals surface area contributed by atoms with E-state index in [4.69, 9.17) is 23.2 Å². The third-order valence-electron chi connectivity index (χ3n) is 5.87. The van der Waals surface area contributed by atoms with Crippen molar-refractivity contribution in [3.8, 4) is 0 Å². The number of nitrogens with one attached hydrogen (secondary N) is 1. The van der Waals surface area contributed by atoms with Crippen LogP contribution in [-0.4, -0.2) is 36.8 Å². The van der Waals surface area contributed by atoms with Gasteiger partial charge in [0.1, 0.15) is 0 Å². The monoisotopic (exact) mass is 580 g/mol. The van der Waals surface area contributed by atoms with Crippen molar-refractivity contribution in [3.05, 3.63) is 99.0 Å². The number of halogens is 9. The molecule has 0 unspecified atom stereocenters. The lowest BCUT2D eigenvalue weighted by molar-refractivity contribution is -0.348. The van der Waals surface area contributed by atoms with Crippen LogP contribution in [0, 0.1) is 0 Å². The molecule has 1 amide bonds. The second-order valence-electron chi connectivity index (χ2n) is 8.37. The van der Waals surface area contributed by atoms with Gasteiger partial charge in [-0.15, -0.1) is 0 Å². The van der Waals surface area contributed by atoms with Gasteiger partial charge in [0.15, 0.2) is 0 Å². The number of benzene rings is 3. The molecule has 0 bridgehead atoms. The fourth-order valence-corrected chi connectivity index (χ4v) is 4.21. The predicted octanol–water partition coefficient (Wildman–Crippen LogP) is 8.21. The maximum Gasteiger partial charge on any atom is 0.435 e. The van der Waals surface area contributed by atoms with E-state index in [9.17, 15) is 35.5 Å². The maximum absolute atomic E-state index is 14.4. The molecule has 3 rings (SSSR count). The molecule has 0 spiro atoms. The standard InChI is InChI=1S/C26H21Cl2F7N2O/c1-36-21-4-2-3-20(28)22(21)23(38)37(14-13-16-7-11-19(27)12-8-16)15-17-5-9-18(10-6-17)24(29,25(30,31)32)26(33,34)35/h2-12,36H,13-15H2,1H3. The molecule has 0 saturated heterocycles. The number of alkyl halides is 7. The van der Waals surface area contributed by atoms with Gasteiger partial charge in [-0.25, -0.2) is 4.39 Å². The second-order valence-corrected chi connectivity index (χ2v) is 9.21. The summed E-state index contributed by atoms with van der Waals surface area (Å²) in [6.45, 7) is -0.0762. The zero-order valence-electron chi connectivity index (χ0n) is 19.7. The number of nitrogens with zero attached hydrogens (tertiary/aromatic N) is 1. The summed E-state index contributed by atoms with van der Waals surface area (Å²) in [5.41, 5.74) is -5.57. The molecule has 0 radical (unpaired) electrons. The molecule has 0 saturated carbocycles. The van der Waals surface area contributed by atoms with Crippen molar-refractivity contribution in [3.63, 3.8) is 0 Å². The fourth-order valence-electron chi connectivity index (χ4n) is 3.82. The summed E-state index contributed by atoms with van der Waals surface area (Å²) >= 11 is 12.2. The van der Waals surface area contributed by atoms with Gasteiger partial charge < -0.3 is 10.2 Å². The van der Waals surface area contributed by atoms with Gasteiger partial charge in [0.05, 0.1) is 10.6 Å². The van der Waals surface area contributed by atoms with Crippen molar-refractivity contribution in [2.24, 2.45) is 0 Å². The Kier molecular flexibility index (Phi) is 8.88. The van der Waals surface area contributed by atoms with Crippen molar-refractivity contribution >= 4 is 34.8 Å². The van der Waals surface area contributed by atoms with E-state index in [1.165, 1.54) is 11.0 Å². The second kappa shape index (κ2) is 11.4. The number of carbonyl (C=O) groups excluding carboxylic acids is 1. The minimum Gasteiger partial charge on any atom is -0.387 e. The van der Waals surface area contributed by atoms with Crippen molar-refractivity contribution < 1.29 is 35.5 Å². The first kappa shape index (κ1) is 29.6. The number of anilines is 1. The van der Waals surface area contributed by atoms with Crippen LogP contribution in [0.5, 0.6) is 0 Å². The van der Waals surface area contributed by atoms with E-state index < -0.39 is 29.5 Å². The molecule has 0 aromatic heterocycles. The number of rotatable bonds is 8. The molecule has 0 aliphatic heterocycles. The van der Waals surface area contributed by atoms with Crippen LogP contribution in [0.1, 0.15) is 27.0 Å². The Bertz CT molecular complexity index is 1250. The zero-order chi connectivity index (χ0) is 28.3. The maximum atomic E-state index is 14.4. The molecule has 0 fully saturated rings. The van der Waals surface area contributed by atoms with Crippen molar-refractivity contribution in [1.29, 1.82) is 0 Å². The highest BCUT2D eigenvalue weighted by atomic mass is 35.5. The molecule has 3 aromatic rings. The van der Waals surface area contributed by atoms with Gasteiger partial charge >= 0.3 is 18.0 Å². The first-order valence-electron chi connectivity index (χ1n) is 11.1. The molecule has 0 heterocycles. The molecule has 0 atom stereocenters. The Labute approximate surface area is 224 Å². The normalized spacial score (nSPS) is 12.4. The smallest absolute Gasteiger partial charge is 0.387 e. The van der Waals surface area contributed by atoms with Gasteiger partial charge in [0.2, 0.25) is 0 Å². The van der Waals surface area contributed by atoms with Crippen LogP contribution in [-0.2, 0) is 18.6 Å². The Morgan fingerprint density at radius 3 is 1.89 bits per heavy atom. The van der Waals surface area contributed by atoms with E-state index in [-0.39, 0.29) is 29.2 Å². The largest absolute Gasteiger partial charge is 0.435 e. The van der Waals surface area contributed by atoms with Crippen molar-refractivity contribution in [2.75, 3.05) is 18.9 Å². The van der Waals surface area contributed by atoms with Crippen LogP contribution in [0.2, 0.25) is 10.0 Å². The molecule has 12 heteroatoms. The van der Waals surface area contributed by atoms with Gasteiger partial charge in [-0.1, -0.05) is 65.7 Å². The highest BCUT2D eigenvalue weighted by Crippen LogP contribution is 2.53. The Morgan fingerprint density at radius 1 is 0.816 bits per heavy atom. The topological polar surface area (TPSA) is 32.3 Å². The van der Waals surface area contributed by atoms with Gasteiger partial charge in [0, 0.05) is 36.4 Å². The fraction of sp³-hybridized carbons (Fsp3) is 0.269. The average molecular weight is 581 g/mol. The van der Waals surface area contributed by atoms with Gasteiger partial charge in [-0.05, 0) is 41.8 Å². The number of hydrogen-bond donors (Lipinski definition) is 1. The summed E-state index contributed by atoms with van der Waals surface area (Å²) in [6.07, 6.45) is -12.1. The van der Waals surface area contributed by atoms with Crippen LogP contribution in [0.15, 0.2) is 66.7 Å². The number of amides is 1. The minimum atomic E-state index is -6.22. The van der Waals surface area contributed by atoms with Crippen LogP contribution in [0.4, 0.5) is 36.4 Å². The lowest BCUT2D eigenvalue weighted by Gasteiger charge is -2.30. The summed E-state index contributed by atoms with van der Waals surface area (Å²) in [5, 5.41) is 3.52. The lowest BCUT2D eigenvalue weighted by atomic mass is 9.93. The van der Waals surface area contributed by atoms with E-state index in [2.05, 4.69) is 5.32 Å². The predicted molar refractivity (Wildman–Crippen MR) is 132 cm³/mol. The first-order valence-corrected chi connectivity index (χ1v) is 11.9. The van der Waals surface area contributed by atoms with E-state index >= 15 is 0 Å². The summed E-state index contributed by atoms with van der Waals surface area (Å²) in [7, 11) is 1.59. The Morgan fingerprint density at radius 2 is 1.37 bits per heavy atom. The Hall–Kier alpha value is -2.98. The van der Waals surface area contributed by atoms with Crippen molar-refractivity contribution in [1.82, 2.24) is 4.90 Å². The average Bonchev–Trinajstić information content (AvgIpc) is 2.85. The summed E-state index contributed by atoms with van der Waals surface area (Å²) in [6, 6.07) is 14.3. The van der Waals surface area contributed by atoms with Crippen molar-refractivity contribution in [2.45, 2.75) is 31.0 Å². The van der Waals surface area contributed by atoms with E-state index in [1.807, 2.05) is 0 Å². The zero-order valence-corrected chi connectivity index (χ0v) is 21.2. The summed E-state index contributed by atoms with van der Waals surface area (Å²) < 4.78 is 93.1. The highest BCUT2D eigenvalue weighted by molar-refractivity contribution is 6.34. The van der Waals surface area contributed by atoms with E-state index in [1.54, 1.807) is 43.4 Å². The van der Waals surface area contributed by atoms with E-state index in [0.29, 0.717) is 29.3 Å². The van der Waals surface area contributed by atoms with Crippen LogP contribution in [0.25, 0.3) is 0 Å². The summed E-state index contributed by atoms with van der Waals surface area (Å²) in [4.78, 5) is 14.9. The third kappa shape index (κ3) is 6.18. The molecule has 204 valence electrons. The van der Waals surface area contributed by atoms with Crippen LogP contribution >= 0.6 is 23.2 Å². The van der Waals surface area contributed by atoms with E-state index in [0.717, 1.165) is 17.7 Å². The molecular formula is C26H21Cl2F7N2O. The minimum absolute atomic E-state index is 0.120. The molecule has 0 aliphatic carbocycles. The molecule has 1 N–H and O–H groups in total. The van der Waals surface area contributed by atoms with Gasteiger partial charge in [-0.3, -0.25) is 4.79 Å². The SMILES string of the molecule is CNc1cccc(Cl)c1C(=O)N(CCc1ccc(Cl)cc1)Cc1ccc(C(F)(C(F)(F)F)C(F)(F)F)cc1. The molecular weight excluding hydrogens is 560 g/mol. The van der Waals surface area contributed by atoms with Gasteiger partial charge in [0.25, 0.3) is 5.91 Å².